The zero-order valence-electron chi connectivity index (χ0n) is 8.85. The van der Waals surface area contributed by atoms with Gasteiger partial charge in [0.25, 0.3) is 0 Å². The van der Waals surface area contributed by atoms with Gasteiger partial charge in [-0.05, 0) is 0 Å². The molecule has 96 valence electrons. The number of aldehydes is 1. The number of allylic oxidation sites excluding steroid dienone is 1. The van der Waals surface area contributed by atoms with E-state index in [0.717, 1.165) is 0 Å². The van der Waals surface area contributed by atoms with Crippen molar-refractivity contribution in [3.05, 3.63) is 12.3 Å². The summed E-state index contributed by atoms with van der Waals surface area (Å²) in [6, 6.07) is 0. The maximum Gasteiger partial charge on any atom is 0.151 e. The molecular weight excluding hydrogens is 220 g/mol. The van der Waals surface area contributed by atoms with Crippen molar-refractivity contribution in [2.75, 3.05) is 6.61 Å². The van der Waals surface area contributed by atoms with Crippen LogP contribution in [-0.4, -0.2) is 62.8 Å². The summed E-state index contributed by atoms with van der Waals surface area (Å²) in [7, 11) is 0. The van der Waals surface area contributed by atoms with Crippen molar-refractivity contribution < 1.29 is 35.4 Å². The molecule has 0 aliphatic carbocycles. The van der Waals surface area contributed by atoms with Crippen LogP contribution in [-0.2, 0) is 4.79 Å². The molecule has 0 heterocycles. The minimum absolute atomic E-state index is 0.0258. The maximum atomic E-state index is 9.90. The first kappa shape index (κ1) is 17.4. The molecule has 0 aromatic heterocycles. The van der Waals surface area contributed by atoms with Gasteiger partial charge >= 0.3 is 0 Å². The Morgan fingerprint density at radius 3 is 1.94 bits per heavy atom. The van der Waals surface area contributed by atoms with Crippen LogP contribution in [0, 0.1) is 0 Å². The Bertz CT molecular complexity index is 202. The molecule has 0 aliphatic rings. The van der Waals surface area contributed by atoms with Crippen LogP contribution >= 0.6 is 0 Å². The highest BCUT2D eigenvalue weighted by Crippen LogP contribution is 2.02. The second-order valence-corrected chi connectivity index (χ2v) is 3.06. The predicted octanol–water partition coefficient (Wildman–Crippen LogP) is -3.50. The van der Waals surface area contributed by atoms with E-state index in [1.54, 1.807) is 0 Å². The third-order valence-corrected chi connectivity index (χ3v) is 1.42. The largest absolute Gasteiger partial charge is 0.876 e. The van der Waals surface area contributed by atoms with E-state index < -0.39 is 31.0 Å². The maximum absolute atomic E-state index is 9.90. The molecule has 0 rings (SSSR count). The molecule has 0 amide bonds. The first-order valence-corrected chi connectivity index (χ1v) is 4.38. The van der Waals surface area contributed by atoms with Gasteiger partial charge in [-0.3, -0.25) is 0 Å². The quantitative estimate of drug-likeness (QED) is 0.247. The Hall–Kier alpha value is -0.990. The van der Waals surface area contributed by atoms with E-state index >= 15 is 0 Å². The minimum Gasteiger partial charge on any atom is -0.876 e. The molecule has 0 radical (unpaired) electrons. The van der Waals surface area contributed by atoms with Gasteiger partial charge in [0.15, 0.2) is 6.29 Å². The first-order chi connectivity index (χ1) is 7.27. The van der Waals surface area contributed by atoms with Gasteiger partial charge in [0.2, 0.25) is 0 Å². The van der Waals surface area contributed by atoms with Crippen LogP contribution in [0.25, 0.3) is 0 Å². The normalized spacial score (nSPS) is 17.4. The molecule has 0 aliphatic heterocycles. The van der Waals surface area contributed by atoms with Gasteiger partial charge in [0.05, 0.1) is 6.61 Å². The van der Waals surface area contributed by atoms with Crippen molar-refractivity contribution in [3.8, 4) is 0 Å². The van der Waals surface area contributed by atoms with E-state index in [2.05, 4.69) is 6.58 Å². The van der Waals surface area contributed by atoms with E-state index in [0.29, 0.717) is 0 Å². The van der Waals surface area contributed by atoms with Crippen LogP contribution in [0.4, 0.5) is 0 Å². The molecular formula is C9H17O7-. The van der Waals surface area contributed by atoms with Gasteiger partial charge in [-0.25, -0.2) is 0 Å². The highest BCUT2D eigenvalue weighted by molar-refractivity contribution is 5.56. The highest BCUT2D eigenvalue weighted by Gasteiger charge is 2.29. The molecule has 0 saturated carbocycles. The second-order valence-electron chi connectivity index (χ2n) is 3.06. The Morgan fingerprint density at radius 2 is 1.69 bits per heavy atom. The summed E-state index contributed by atoms with van der Waals surface area (Å²) in [5.41, 5.74) is 0. The lowest BCUT2D eigenvalue weighted by atomic mass is 10.0. The molecule has 7 heteroatoms. The van der Waals surface area contributed by atoms with Gasteiger partial charge in [-0.15, -0.1) is 12.3 Å². The van der Waals surface area contributed by atoms with E-state index in [1.807, 2.05) is 0 Å². The van der Waals surface area contributed by atoms with E-state index in [1.165, 1.54) is 6.92 Å². The molecule has 0 fully saturated rings. The smallest absolute Gasteiger partial charge is 0.151 e. The summed E-state index contributed by atoms with van der Waals surface area (Å²) in [6.07, 6.45) is -6.84. The molecule has 4 unspecified atom stereocenters. The van der Waals surface area contributed by atoms with Gasteiger partial charge in [0, 0.05) is 0 Å². The molecule has 0 aromatic carbocycles. The van der Waals surface area contributed by atoms with Crippen molar-refractivity contribution in [1.29, 1.82) is 0 Å². The van der Waals surface area contributed by atoms with E-state index in [4.69, 9.17) is 25.5 Å². The van der Waals surface area contributed by atoms with Crippen LogP contribution in [0.2, 0.25) is 0 Å². The van der Waals surface area contributed by atoms with Crippen molar-refractivity contribution in [1.82, 2.24) is 0 Å². The number of carbonyl (C=O) groups excluding carboxylic acids is 1. The Balaban J connectivity index is 0. The fraction of sp³-hybridized carbons (Fsp3) is 0.667. The average Bonchev–Trinajstić information content (AvgIpc) is 2.24. The lowest BCUT2D eigenvalue weighted by Gasteiger charge is -2.22. The summed E-state index contributed by atoms with van der Waals surface area (Å²) in [5.74, 6) is -0.0833. The number of aliphatic hydroxyl groups is 5. The third kappa shape index (κ3) is 8.33. The number of carbonyl (C=O) groups is 1. The molecule has 0 bridgehead atoms. The van der Waals surface area contributed by atoms with Gasteiger partial charge in [-0.2, -0.15) is 0 Å². The van der Waals surface area contributed by atoms with Crippen molar-refractivity contribution in [2.24, 2.45) is 0 Å². The zero-order valence-corrected chi connectivity index (χ0v) is 8.85. The van der Waals surface area contributed by atoms with Crippen LogP contribution in [0.3, 0.4) is 0 Å². The van der Waals surface area contributed by atoms with Crippen LogP contribution in [0.1, 0.15) is 6.92 Å². The Labute approximate surface area is 92.9 Å². The summed E-state index contributed by atoms with van der Waals surface area (Å²) in [5, 5.41) is 52.9. The van der Waals surface area contributed by atoms with Crippen molar-refractivity contribution >= 4 is 6.29 Å². The fourth-order valence-electron chi connectivity index (χ4n) is 0.618. The van der Waals surface area contributed by atoms with Gasteiger partial charge in [0.1, 0.15) is 24.4 Å². The number of hydrogen-bond donors (Lipinski definition) is 5. The van der Waals surface area contributed by atoms with Gasteiger partial charge in [-0.1, -0.05) is 6.92 Å². The zero-order chi connectivity index (χ0) is 13.3. The molecule has 0 spiro atoms. The van der Waals surface area contributed by atoms with E-state index in [9.17, 15) is 9.90 Å². The second kappa shape index (κ2) is 9.25. The lowest BCUT2D eigenvalue weighted by Crippen LogP contribution is -2.46. The Kier molecular flexibility index (Phi) is 10.1. The number of hydrogen-bond acceptors (Lipinski definition) is 7. The lowest BCUT2D eigenvalue weighted by molar-refractivity contribution is -0.300. The summed E-state index contributed by atoms with van der Waals surface area (Å²) in [4.78, 5) is 9.90. The highest BCUT2D eigenvalue weighted by atomic mass is 16.4. The molecule has 4 atom stereocenters. The molecule has 16 heavy (non-hydrogen) atoms. The third-order valence-electron chi connectivity index (χ3n) is 1.42. The van der Waals surface area contributed by atoms with Crippen molar-refractivity contribution in [3.63, 3.8) is 0 Å². The SMILES string of the molecule is C=C(C)[O-].O=CC(O)C(O)C(O)C(O)CO. The minimum atomic E-state index is -1.79. The average molecular weight is 237 g/mol. The molecule has 7 nitrogen and oxygen atoms in total. The standard InChI is InChI=1S/C6H12O6.C3H6O/c7-1-3(9)5(11)6(12)4(10)2-8;1-3(2)4/h1,3-6,8-12H,2H2;4H,1H2,2H3/p-1. The van der Waals surface area contributed by atoms with Crippen LogP contribution < -0.4 is 5.11 Å². The Morgan fingerprint density at radius 1 is 1.31 bits per heavy atom. The van der Waals surface area contributed by atoms with E-state index in [-0.39, 0.29) is 12.0 Å². The van der Waals surface area contributed by atoms with Gasteiger partial charge < -0.3 is 35.4 Å². The first-order valence-electron chi connectivity index (χ1n) is 4.38. The molecule has 0 aromatic rings. The predicted molar refractivity (Wildman–Crippen MR) is 52.0 cm³/mol. The summed E-state index contributed by atoms with van der Waals surface area (Å²) in [6.45, 7) is 3.66. The van der Waals surface area contributed by atoms with Crippen LogP contribution in [0.5, 0.6) is 0 Å². The number of aliphatic hydroxyl groups excluding tert-OH is 5. The summed E-state index contributed by atoms with van der Waals surface area (Å²) < 4.78 is 0. The van der Waals surface area contributed by atoms with Crippen molar-refractivity contribution in [2.45, 2.75) is 31.3 Å². The topological polar surface area (TPSA) is 141 Å². The van der Waals surface area contributed by atoms with Crippen LogP contribution in [0.15, 0.2) is 12.3 Å². The fourth-order valence-corrected chi connectivity index (χ4v) is 0.618. The monoisotopic (exact) mass is 237 g/mol. The summed E-state index contributed by atoms with van der Waals surface area (Å²) >= 11 is 0. The molecule has 5 N–H and O–H groups in total. The molecule has 0 saturated heterocycles. The number of rotatable bonds is 5.